The van der Waals surface area contributed by atoms with Gasteiger partial charge in [-0.1, -0.05) is 18.2 Å². The van der Waals surface area contributed by atoms with Gasteiger partial charge in [0, 0.05) is 18.2 Å². The van der Waals surface area contributed by atoms with Gasteiger partial charge in [-0.05, 0) is 28.5 Å². The van der Waals surface area contributed by atoms with Crippen molar-refractivity contribution < 1.29 is 4.92 Å². The van der Waals surface area contributed by atoms with E-state index in [1.54, 1.807) is 18.2 Å². The van der Waals surface area contributed by atoms with Crippen LogP contribution in [0.3, 0.4) is 0 Å². The first kappa shape index (κ1) is 11.3. The second kappa shape index (κ2) is 4.35. The number of hydrogen-bond donors (Lipinski definition) is 1. The van der Waals surface area contributed by atoms with Crippen molar-refractivity contribution in [2.45, 2.75) is 6.04 Å². The molecule has 0 heterocycles. The summed E-state index contributed by atoms with van der Waals surface area (Å²) in [7, 11) is 0. The fourth-order valence-electron chi connectivity index (χ4n) is 1.71. The third-order valence-corrected chi connectivity index (χ3v) is 2.70. The van der Waals surface area contributed by atoms with E-state index in [1.807, 2.05) is 18.2 Å². The van der Waals surface area contributed by atoms with E-state index in [2.05, 4.69) is 6.58 Å². The maximum absolute atomic E-state index is 10.6. The molecule has 0 saturated carbocycles. The standard InChI is InChI=1S/C13H12N2O2/c1-2-13(14)11-4-3-10-8-12(15(16)17)6-5-9(10)7-11/h2-8,13H,1,14H2. The van der Waals surface area contributed by atoms with Crippen LogP contribution in [0.15, 0.2) is 49.1 Å². The molecule has 1 unspecified atom stereocenters. The summed E-state index contributed by atoms with van der Waals surface area (Å²) < 4.78 is 0. The van der Waals surface area contributed by atoms with Crippen LogP contribution < -0.4 is 5.73 Å². The summed E-state index contributed by atoms with van der Waals surface area (Å²) in [5, 5.41) is 12.4. The zero-order valence-electron chi connectivity index (χ0n) is 9.17. The minimum atomic E-state index is -0.400. The van der Waals surface area contributed by atoms with Gasteiger partial charge in [-0.2, -0.15) is 0 Å². The van der Waals surface area contributed by atoms with Crippen LogP contribution in [0.5, 0.6) is 0 Å². The van der Waals surface area contributed by atoms with Gasteiger partial charge in [-0.3, -0.25) is 10.1 Å². The average Bonchev–Trinajstić information content (AvgIpc) is 2.36. The first-order valence-corrected chi connectivity index (χ1v) is 5.18. The Morgan fingerprint density at radius 3 is 2.53 bits per heavy atom. The summed E-state index contributed by atoms with van der Waals surface area (Å²) >= 11 is 0. The number of nitrogens with two attached hydrogens (primary N) is 1. The van der Waals surface area contributed by atoms with E-state index in [1.165, 1.54) is 6.07 Å². The molecule has 2 aromatic rings. The maximum Gasteiger partial charge on any atom is 0.270 e. The smallest absolute Gasteiger partial charge is 0.270 e. The molecule has 0 saturated heterocycles. The minimum Gasteiger partial charge on any atom is -0.321 e. The van der Waals surface area contributed by atoms with Crippen molar-refractivity contribution in [1.29, 1.82) is 0 Å². The Labute approximate surface area is 98.5 Å². The summed E-state index contributed by atoms with van der Waals surface area (Å²) in [6.45, 7) is 3.64. The highest BCUT2D eigenvalue weighted by atomic mass is 16.6. The van der Waals surface area contributed by atoms with Crippen molar-refractivity contribution >= 4 is 16.5 Å². The quantitative estimate of drug-likeness (QED) is 0.499. The molecule has 0 amide bonds. The molecule has 1 atom stereocenters. The van der Waals surface area contributed by atoms with E-state index in [0.717, 1.165) is 16.3 Å². The van der Waals surface area contributed by atoms with Crippen molar-refractivity contribution in [2.24, 2.45) is 5.73 Å². The molecule has 0 spiro atoms. The monoisotopic (exact) mass is 228 g/mol. The highest BCUT2D eigenvalue weighted by Gasteiger charge is 2.07. The van der Waals surface area contributed by atoms with Gasteiger partial charge < -0.3 is 5.73 Å². The van der Waals surface area contributed by atoms with Gasteiger partial charge in [0.25, 0.3) is 5.69 Å². The lowest BCUT2D eigenvalue weighted by atomic mass is 10.0. The molecule has 0 aromatic heterocycles. The van der Waals surface area contributed by atoms with Crippen molar-refractivity contribution in [1.82, 2.24) is 0 Å². The van der Waals surface area contributed by atoms with E-state index in [4.69, 9.17) is 5.73 Å². The number of benzene rings is 2. The molecule has 4 nitrogen and oxygen atoms in total. The van der Waals surface area contributed by atoms with Crippen LogP contribution in [-0.2, 0) is 0 Å². The van der Waals surface area contributed by atoms with Gasteiger partial charge >= 0.3 is 0 Å². The molecule has 0 fully saturated rings. The number of non-ortho nitro benzene ring substituents is 1. The summed E-state index contributed by atoms with van der Waals surface area (Å²) in [6.07, 6.45) is 1.66. The molecule has 17 heavy (non-hydrogen) atoms. The second-order valence-electron chi connectivity index (χ2n) is 3.81. The molecular weight excluding hydrogens is 216 g/mol. The van der Waals surface area contributed by atoms with Crippen molar-refractivity contribution in [2.75, 3.05) is 0 Å². The molecule has 4 heteroatoms. The summed E-state index contributed by atoms with van der Waals surface area (Å²) in [5.41, 5.74) is 6.88. The Bertz CT molecular complexity index is 593. The van der Waals surface area contributed by atoms with E-state index in [-0.39, 0.29) is 11.7 Å². The van der Waals surface area contributed by atoms with Crippen molar-refractivity contribution in [3.8, 4) is 0 Å². The number of rotatable bonds is 3. The fraction of sp³-hybridized carbons (Fsp3) is 0.0769. The van der Waals surface area contributed by atoms with Crippen LogP contribution in [-0.4, -0.2) is 4.92 Å². The second-order valence-corrected chi connectivity index (χ2v) is 3.81. The molecule has 0 aliphatic heterocycles. The van der Waals surface area contributed by atoms with Gasteiger partial charge in [-0.15, -0.1) is 6.58 Å². The summed E-state index contributed by atoms with van der Waals surface area (Å²) in [6, 6.07) is 10.2. The predicted octanol–water partition coefficient (Wildman–Crippen LogP) is 2.93. The van der Waals surface area contributed by atoms with E-state index in [9.17, 15) is 10.1 Å². The van der Waals surface area contributed by atoms with Gasteiger partial charge in [0.2, 0.25) is 0 Å². The molecule has 0 aliphatic carbocycles. The topological polar surface area (TPSA) is 69.2 Å². The SMILES string of the molecule is C=CC(N)c1ccc2cc([N+](=O)[O-])ccc2c1. The first-order chi connectivity index (χ1) is 8.11. The number of hydrogen-bond acceptors (Lipinski definition) is 3. The largest absolute Gasteiger partial charge is 0.321 e. The maximum atomic E-state index is 10.6. The lowest BCUT2D eigenvalue weighted by Gasteiger charge is -2.07. The number of nitro benzene ring substituents is 1. The lowest BCUT2D eigenvalue weighted by Crippen LogP contribution is -2.05. The van der Waals surface area contributed by atoms with Crippen LogP contribution in [0.2, 0.25) is 0 Å². The highest BCUT2D eigenvalue weighted by Crippen LogP contribution is 2.23. The average molecular weight is 228 g/mol. The van der Waals surface area contributed by atoms with Crippen LogP contribution in [0.1, 0.15) is 11.6 Å². The molecule has 2 rings (SSSR count). The third kappa shape index (κ3) is 2.16. The zero-order valence-corrected chi connectivity index (χ0v) is 9.17. The summed E-state index contributed by atoms with van der Waals surface area (Å²) in [5.74, 6) is 0. The van der Waals surface area contributed by atoms with E-state index >= 15 is 0 Å². The summed E-state index contributed by atoms with van der Waals surface area (Å²) in [4.78, 5) is 10.2. The van der Waals surface area contributed by atoms with Crippen LogP contribution in [0, 0.1) is 10.1 Å². The molecule has 0 bridgehead atoms. The molecule has 0 radical (unpaired) electrons. The Morgan fingerprint density at radius 1 is 1.24 bits per heavy atom. The lowest BCUT2D eigenvalue weighted by molar-refractivity contribution is -0.384. The minimum absolute atomic E-state index is 0.0956. The number of nitro groups is 1. The van der Waals surface area contributed by atoms with Crippen LogP contribution in [0.25, 0.3) is 10.8 Å². The Hall–Kier alpha value is -2.20. The highest BCUT2D eigenvalue weighted by molar-refractivity contribution is 5.85. The van der Waals surface area contributed by atoms with Crippen molar-refractivity contribution in [3.05, 3.63) is 64.7 Å². The Balaban J connectivity index is 2.53. The predicted molar refractivity (Wildman–Crippen MR) is 67.7 cm³/mol. The number of fused-ring (bicyclic) bond motifs is 1. The molecule has 2 aromatic carbocycles. The Morgan fingerprint density at radius 2 is 1.88 bits per heavy atom. The third-order valence-electron chi connectivity index (χ3n) is 2.70. The van der Waals surface area contributed by atoms with E-state index < -0.39 is 4.92 Å². The molecule has 0 aliphatic rings. The van der Waals surface area contributed by atoms with Crippen LogP contribution >= 0.6 is 0 Å². The van der Waals surface area contributed by atoms with Crippen LogP contribution in [0.4, 0.5) is 5.69 Å². The molecule has 2 N–H and O–H groups in total. The van der Waals surface area contributed by atoms with Gasteiger partial charge in [0.05, 0.1) is 4.92 Å². The fourth-order valence-corrected chi connectivity index (χ4v) is 1.71. The normalized spacial score (nSPS) is 12.3. The van der Waals surface area contributed by atoms with Crippen molar-refractivity contribution in [3.63, 3.8) is 0 Å². The van der Waals surface area contributed by atoms with E-state index in [0.29, 0.717) is 0 Å². The zero-order chi connectivity index (χ0) is 12.4. The molecular formula is C13H12N2O2. The first-order valence-electron chi connectivity index (χ1n) is 5.18. The van der Waals surface area contributed by atoms with Gasteiger partial charge in [0.15, 0.2) is 0 Å². The molecule has 86 valence electrons. The Kier molecular flexibility index (Phi) is 2.89. The number of nitrogens with zero attached hydrogens (tertiary/aromatic N) is 1. The van der Waals surface area contributed by atoms with Gasteiger partial charge in [0.1, 0.15) is 0 Å². The van der Waals surface area contributed by atoms with Gasteiger partial charge in [-0.25, -0.2) is 0 Å².